The molecular formula is C11H9N5O2. The lowest BCUT2D eigenvalue weighted by molar-refractivity contribution is 0.232. The highest BCUT2D eigenvalue weighted by atomic mass is 16.2. The van der Waals surface area contributed by atoms with E-state index in [9.17, 15) is 9.59 Å². The number of benzene rings is 1. The molecule has 2 aromatic rings. The van der Waals surface area contributed by atoms with Gasteiger partial charge in [-0.15, -0.1) is 0 Å². The number of carbonyl (C=O) groups is 1. The molecule has 3 rings (SSSR count). The van der Waals surface area contributed by atoms with Crippen molar-refractivity contribution in [3.8, 4) is 6.19 Å². The summed E-state index contributed by atoms with van der Waals surface area (Å²) < 4.78 is 0. The van der Waals surface area contributed by atoms with Gasteiger partial charge in [0, 0.05) is 0 Å². The Bertz CT molecular complexity index is 723. The number of rotatable bonds is 1. The molecule has 1 atom stereocenters. The summed E-state index contributed by atoms with van der Waals surface area (Å²) in [4.78, 5) is 28.9. The van der Waals surface area contributed by atoms with Crippen LogP contribution in [0, 0.1) is 11.5 Å². The maximum atomic E-state index is 11.4. The molecule has 3 N–H and O–H groups in total. The summed E-state index contributed by atoms with van der Waals surface area (Å²) in [6.45, 7) is 0.301. The van der Waals surface area contributed by atoms with Crippen molar-refractivity contribution in [2.75, 3.05) is 6.54 Å². The van der Waals surface area contributed by atoms with Crippen molar-refractivity contribution < 1.29 is 4.79 Å². The van der Waals surface area contributed by atoms with E-state index in [2.05, 4.69) is 15.3 Å². The van der Waals surface area contributed by atoms with Gasteiger partial charge in [0.05, 0.1) is 23.6 Å². The van der Waals surface area contributed by atoms with Crippen LogP contribution in [0.4, 0.5) is 4.79 Å². The first-order valence-electron chi connectivity index (χ1n) is 5.37. The number of imidazole rings is 1. The largest absolute Gasteiger partial charge is 0.331 e. The van der Waals surface area contributed by atoms with Crippen molar-refractivity contribution >= 4 is 17.1 Å². The van der Waals surface area contributed by atoms with E-state index in [-0.39, 0.29) is 11.7 Å². The van der Waals surface area contributed by atoms with Crippen LogP contribution in [0.1, 0.15) is 11.6 Å². The third kappa shape index (κ3) is 1.51. The van der Waals surface area contributed by atoms with Gasteiger partial charge in [0.1, 0.15) is 0 Å². The van der Waals surface area contributed by atoms with Gasteiger partial charge in [0.2, 0.25) is 0 Å². The number of nitrogens with one attached hydrogen (secondary N) is 3. The molecule has 1 fully saturated rings. The summed E-state index contributed by atoms with van der Waals surface area (Å²) in [5, 5.41) is 11.4. The molecule has 0 radical (unpaired) electrons. The number of aromatic amines is 2. The number of hydrogen-bond acceptors (Lipinski definition) is 3. The van der Waals surface area contributed by atoms with E-state index in [1.165, 1.54) is 0 Å². The van der Waals surface area contributed by atoms with Gasteiger partial charge in [-0.1, -0.05) is 6.07 Å². The highest BCUT2D eigenvalue weighted by molar-refractivity contribution is 5.80. The maximum absolute atomic E-state index is 11.4. The summed E-state index contributed by atoms with van der Waals surface area (Å²) in [6, 6.07) is 4.74. The van der Waals surface area contributed by atoms with Crippen molar-refractivity contribution in [1.82, 2.24) is 20.2 Å². The Kier molecular flexibility index (Phi) is 2.10. The van der Waals surface area contributed by atoms with Gasteiger partial charge in [-0.2, -0.15) is 5.26 Å². The number of carbonyl (C=O) groups excluding carboxylic acids is 1. The summed E-state index contributed by atoms with van der Waals surface area (Å²) >= 11 is 0. The fraction of sp³-hybridized carbons (Fsp3) is 0.182. The predicted molar refractivity (Wildman–Crippen MR) is 62.5 cm³/mol. The van der Waals surface area contributed by atoms with E-state index >= 15 is 0 Å². The lowest BCUT2D eigenvalue weighted by Gasteiger charge is -2.08. The first-order chi connectivity index (χ1) is 8.67. The van der Waals surface area contributed by atoms with E-state index < -0.39 is 6.03 Å². The Hall–Kier alpha value is -2.75. The lowest BCUT2D eigenvalue weighted by Crippen LogP contribution is -2.23. The van der Waals surface area contributed by atoms with Gasteiger partial charge in [-0.25, -0.2) is 14.5 Å². The molecular weight excluding hydrogens is 234 g/mol. The molecule has 2 amide bonds. The van der Waals surface area contributed by atoms with Crippen molar-refractivity contribution in [2.24, 2.45) is 0 Å². The molecule has 18 heavy (non-hydrogen) atoms. The Balaban J connectivity index is 1.98. The van der Waals surface area contributed by atoms with Crippen molar-refractivity contribution in [3.05, 3.63) is 34.2 Å². The van der Waals surface area contributed by atoms with Crippen molar-refractivity contribution in [2.45, 2.75) is 6.04 Å². The minimum atomic E-state index is -0.398. The number of nitrogens with zero attached hydrogens (tertiary/aromatic N) is 2. The smallest absolute Gasteiger partial charge is 0.328 e. The van der Waals surface area contributed by atoms with E-state index in [1.807, 2.05) is 12.3 Å². The third-order valence-electron chi connectivity index (χ3n) is 2.97. The Morgan fingerprint density at radius 2 is 2.06 bits per heavy atom. The fourth-order valence-electron chi connectivity index (χ4n) is 2.08. The van der Waals surface area contributed by atoms with E-state index in [1.54, 1.807) is 12.1 Å². The van der Waals surface area contributed by atoms with Crippen LogP contribution in [-0.4, -0.2) is 27.4 Å². The minimum absolute atomic E-state index is 0.236. The molecule has 0 spiro atoms. The molecule has 7 heteroatoms. The quantitative estimate of drug-likeness (QED) is 0.631. The van der Waals surface area contributed by atoms with Crippen LogP contribution in [0.15, 0.2) is 23.0 Å². The molecule has 1 unspecified atom stereocenters. The number of fused-ring (bicyclic) bond motifs is 1. The summed E-state index contributed by atoms with van der Waals surface area (Å²) in [5.41, 5.74) is 1.98. The maximum Gasteiger partial charge on any atom is 0.331 e. The average molecular weight is 243 g/mol. The highest BCUT2D eigenvalue weighted by Crippen LogP contribution is 2.22. The molecule has 1 aliphatic rings. The van der Waals surface area contributed by atoms with E-state index in [0.717, 1.165) is 10.5 Å². The SMILES string of the molecule is N#CN1CC(c2ccc3[nH]c(=O)[nH]c3c2)NC1=O. The second-order valence-corrected chi connectivity index (χ2v) is 4.10. The minimum Gasteiger partial charge on any atom is -0.328 e. The topological polar surface area (TPSA) is 105 Å². The van der Waals surface area contributed by atoms with E-state index in [4.69, 9.17) is 5.26 Å². The molecule has 1 aliphatic heterocycles. The molecule has 0 saturated carbocycles. The lowest BCUT2D eigenvalue weighted by atomic mass is 10.1. The summed E-state index contributed by atoms with van der Waals surface area (Å²) in [5.74, 6) is 0. The third-order valence-corrected chi connectivity index (χ3v) is 2.97. The van der Waals surface area contributed by atoms with Gasteiger partial charge in [-0.05, 0) is 17.7 Å². The zero-order valence-corrected chi connectivity index (χ0v) is 9.23. The van der Waals surface area contributed by atoms with Crippen molar-refractivity contribution in [3.63, 3.8) is 0 Å². The molecule has 2 heterocycles. The van der Waals surface area contributed by atoms with Gasteiger partial charge in [-0.3, -0.25) is 0 Å². The van der Waals surface area contributed by atoms with Gasteiger partial charge in [0.25, 0.3) is 0 Å². The zero-order chi connectivity index (χ0) is 12.7. The molecule has 1 saturated heterocycles. The predicted octanol–water partition coefficient (Wildman–Crippen LogP) is 0.404. The Morgan fingerprint density at radius 3 is 2.78 bits per heavy atom. The van der Waals surface area contributed by atoms with Gasteiger partial charge >= 0.3 is 11.7 Å². The number of amides is 2. The molecule has 1 aromatic heterocycles. The number of H-pyrrole nitrogens is 2. The molecule has 1 aromatic carbocycles. The second-order valence-electron chi connectivity index (χ2n) is 4.10. The fourth-order valence-corrected chi connectivity index (χ4v) is 2.08. The van der Waals surface area contributed by atoms with E-state index in [0.29, 0.717) is 17.6 Å². The number of aromatic nitrogens is 2. The van der Waals surface area contributed by atoms with Gasteiger partial charge < -0.3 is 15.3 Å². The highest BCUT2D eigenvalue weighted by Gasteiger charge is 2.29. The first-order valence-corrected chi connectivity index (χ1v) is 5.37. The summed E-state index contributed by atoms with van der Waals surface area (Å²) in [6.07, 6.45) is 1.81. The molecule has 0 aliphatic carbocycles. The molecule has 7 nitrogen and oxygen atoms in total. The first kappa shape index (κ1) is 10.4. The van der Waals surface area contributed by atoms with Crippen LogP contribution >= 0.6 is 0 Å². The Morgan fingerprint density at radius 1 is 1.28 bits per heavy atom. The van der Waals surface area contributed by atoms with Crippen LogP contribution in [0.2, 0.25) is 0 Å². The van der Waals surface area contributed by atoms with Crippen LogP contribution < -0.4 is 11.0 Å². The summed E-state index contributed by atoms with van der Waals surface area (Å²) in [7, 11) is 0. The standard InChI is InChI=1S/C11H9N5O2/c12-5-16-4-9(15-11(16)18)6-1-2-7-8(3-6)14-10(17)13-7/h1-3,9H,4H2,(H,15,18)(H2,13,14,17). The van der Waals surface area contributed by atoms with Crippen LogP contribution in [-0.2, 0) is 0 Å². The van der Waals surface area contributed by atoms with Crippen LogP contribution in [0.25, 0.3) is 11.0 Å². The second kappa shape index (κ2) is 3.63. The number of nitriles is 1. The Labute approximate surface area is 101 Å². The van der Waals surface area contributed by atoms with Gasteiger partial charge in [0.15, 0.2) is 6.19 Å². The monoisotopic (exact) mass is 243 g/mol. The normalized spacial score (nSPS) is 18.9. The number of hydrogen-bond donors (Lipinski definition) is 3. The number of urea groups is 1. The average Bonchev–Trinajstić information content (AvgIpc) is 2.89. The molecule has 0 bridgehead atoms. The van der Waals surface area contributed by atoms with Crippen LogP contribution in [0.5, 0.6) is 0 Å². The molecule has 90 valence electrons. The van der Waals surface area contributed by atoms with Crippen LogP contribution in [0.3, 0.4) is 0 Å². The zero-order valence-electron chi connectivity index (χ0n) is 9.23. The van der Waals surface area contributed by atoms with Crippen molar-refractivity contribution in [1.29, 1.82) is 5.26 Å².